The topological polar surface area (TPSA) is 65.5 Å². The molecule has 0 unspecified atom stereocenters. The Kier molecular flexibility index (Phi) is 9.60. The average molecular weight is 517 g/mol. The molecule has 6 nitrogen and oxygen atoms in total. The number of amides is 2. The Morgan fingerprint density at radius 2 is 1.66 bits per heavy atom. The number of hydrogen-bond acceptors (Lipinski definition) is 4. The fraction of sp³-hybridized carbons (Fsp3) is 0.387. The van der Waals surface area contributed by atoms with E-state index in [4.69, 9.17) is 0 Å². The van der Waals surface area contributed by atoms with Crippen molar-refractivity contribution >= 4 is 11.8 Å². The molecule has 38 heavy (non-hydrogen) atoms. The second-order valence-electron chi connectivity index (χ2n) is 9.93. The predicted octanol–water partition coefficient (Wildman–Crippen LogP) is 4.40. The summed E-state index contributed by atoms with van der Waals surface area (Å²) < 4.78 is 13.6. The summed E-state index contributed by atoms with van der Waals surface area (Å²) in [6.45, 7) is 4.95. The number of pyridine rings is 1. The Labute approximate surface area is 224 Å². The molecule has 200 valence electrons. The van der Waals surface area contributed by atoms with Crippen LogP contribution in [-0.2, 0) is 29.0 Å². The number of carbonyl (C=O) groups is 2. The predicted molar refractivity (Wildman–Crippen MR) is 147 cm³/mol. The molecular formula is C31H37FN4O2. The number of aromatic nitrogens is 1. The van der Waals surface area contributed by atoms with Gasteiger partial charge < -0.3 is 15.1 Å². The average Bonchev–Trinajstić information content (AvgIpc) is 2.96. The van der Waals surface area contributed by atoms with Crippen LogP contribution in [0.4, 0.5) is 4.39 Å². The van der Waals surface area contributed by atoms with E-state index in [1.54, 1.807) is 23.4 Å². The van der Waals surface area contributed by atoms with Crippen molar-refractivity contribution in [1.82, 2.24) is 20.1 Å². The van der Waals surface area contributed by atoms with Crippen LogP contribution in [-0.4, -0.2) is 58.3 Å². The summed E-state index contributed by atoms with van der Waals surface area (Å²) >= 11 is 0. The largest absolute Gasteiger partial charge is 0.354 e. The van der Waals surface area contributed by atoms with Gasteiger partial charge in [0, 0.05) is 51.5 Å². The van der Waals surface area contributed by atoms with E-state index in [1.165, 1.54) is 17.7 Å². The van der Waals surface area contributed by atoms with Crippen LogP contribution < -0.4 is 5.32 Å². The summed E-state index contributed by atoms with van der Waals surface area (Å²) in [5.74, 6) is -0.461. The fourth-order valence-electron chi connectivity index (χ4n) is 5.22. The van der Waals surface area contributed by atoms with Crippen LogP contribution in [0.25, 0.3) is 0 Å². The van der Waals surface area contributed by atoms with Gasteiger partial charge in [-0.05, 0) is 66.6 Å². The van der Waals surface area contributed by atoms with E-state index < -0.39 is 5.54 Å². The van der Waals surface area contributed by atoms with E-state index in [9.17, 15) is 14.0 Å². The molecule has 0 spiro atoms. The lowest BCUT2D eigenvalue weighted by Crippen LogP contribution is -2.64. The number of likely N-dealkylation sites (tertiary alicyclic amines) is 1. The molecular weight excluding hydrogens is 479 g/mol. The first-order chi connectivity index (χ1) is 18.5. The number of benzene rings is 2. The lowest BCUT2D eigenvalue weighted by molar-refractivity contribution is -0.152. The Hall–Kier alpha value is -3.58. The van der Waals surface area contributed by atoms with Gasteiger partial charge in [0.25, 0.3) is 0 Å². The summed E-state index contributed by atoms with van der Waals surface area (Å²) in [4.78, 5) is 35.5. The zero-order valence-electron chi connectivity index (χ0n) is 22.1. The highest BCUT2D eigenvalue weighted by Crippen LogP contribution is 2.32. The van der Waals surface area contributed by atoms with Crippen molar-refractivity contribution in [2.75, 3.05) is 26.2 Å². The van der Waals surface area contributed by atoms with E-state index >= 15 is 0 Å². The van der Waals surface area contributed by atoms with Gasteiger partial charge in [-0.25, -0.2) is 4.39 Å². The van der Waals surface area contributed by atoms with Gasteiger partial charge in [-0.15, -0.1) is 0 Å². The summed E-state index contributed by atoms with van der Waals surface area (Å²) in [5.41, 5.74) is 2.12. The number of rotatable bonds is 11. The van der Waals surface area contributed by atoms with Gasteiger partial charge in [-0.3, -0.25) is 14.6 Å². The molecule has 7 heteroatoms. The van der Waals surface area contributed by atoms with Gasteiger partial charge in [0.05, 0.1) is 0 Å². The summed E-state index contributed by atoms with van der Waals surface area (Å²) in [6.07, 6.45) is 6.33. The van der Waals surface area contributed by atoms with Crippen molar-refractivity contribution in [2.45, 2.75) is 51.1 Å². The van der Waals surface area contributed by atoms with E-state index in [1.807, 2.05) is 31.2 Å². The van der Waals surface area contributed by atoms with Gasteiger partial charge in [0.15, 0.2) is 0 Å². The molecule has 1 fully saturated rings. The molecule has 0 aliphatic carbocycles. The first-order valence-corrected chi connectivity index (χ1v) is 13.5. The summed E-state index contributed by atoms with van der Waals surface area (Å²) in [5, 5.41) is 3.09. The molecule has 0 saturated carbocycles. The third kappa shape index (κ3) is 7.04. The molecule has 1 aromatic heterocycles. The first-order valence-electron chi connectivity index (χ1n) is 13.5. The van der Waals surface area contributed by atoms with Crippen molar-refractivity contribution in [1.29, 1.82) is 0 Å². The molecule has 2 heterocycles. The van der Waals surface area contributed by atoms with Gasteiger partial charge in [0.2, 0.25) is 11.8 Å². The molecule has 1 N–H and O–H groups in total. The van der Waals surface area contributed by atoms with E-state index in [0.717, 1.165) is 37.2 Å². The monoisotopic (exact) mass is 516 g/mol. The fourth-order valence-corrected chi connectivity index (χ4v) is 5.22. The second-order valence-corrected chi connectivity index (χ2v) is 9.93. The van der Waals surface area contributed by atoms with Crippen LogP contribution in [0.5, 0.6) is 0 Å². The first kappa shape index (κ1) is 27.5. The van der Waals surface area contributed by atoms with Gasteiger partial charge in [-0.1, -0.05) is 49.4 Å². The van der Waals surface area contributed by atoms with Crippen molar-refractivity contribution in [2.24, 2.45) is 0 Å². The molecule has 3 aromatic rings. The summed E-state index contributed by atoms with van der Waals surface area (Å²) in [6, 6.07) is 20.6. The van der Waals surface area contributed by atoms with Crippen LogP contribution in [0.3, 0.4) is 0 Å². The van der Waals surface area contributed by atoms with E-state index in [0.29, 0.717) is 38.8 Å². The van der Waals surface area contributed by atoms with Crippen molar-refractivity contribution < 1.29 is 14.0 Å². The smallest absolute Gasteiger partial charge is 0.246 e. The van der Waals surface area contributed by atoms with Crippen molar-refractivity contribution in [3.63, 3.8) is 0 Å². The Balaban J connectivity index is 1.50. The molecule has 0 bridgehead atoms. The molecule has 1 saturated heterocycles. The zero-order chi connectivity index (χ0) is 26.8. The van der Waals surface area contributed by atoms with Crippen molar-refractivity contribution in [3.05, 3.63) is 102 Å². The minimum Gasteiger partial charge on any atom is -0.354 e. The Bertz CT molecular complexity index is 1180. The van der Waals surface area contributed by atoms with E-state index in [2.05, 4.69) is 39.5 Å². The molecule has 2 amide bonds. The minimum absolute atomic E-state index is 0.0418. The van der Waals surface area contributed by atoms with E-state index in [-0.39, 0.29) is 17.6 Å². The number of hydrogen-bond donors (Lipinski definition) is 1. The molecule has 1 aliphatic heterocycles. The molecule has 2 aromatic carbocycles. The highest BCUT2D eigenvalue weighted by Gasteiger charge is 2.47. The maximum Gasteiger partial charge on any atom is 0.246 e. The van der Waals surface area contributed by atoms with Crippen LogP contribution >= 0.6 is 0 Å². The SMILES string of the molecule is CCC(=O)N(Cc1ccncc1)C1(C(=O)NCCc2cccc(F)c2)CCN(CCc2ccccc2)CC1. The minimum atomic E-state index is -0.943. The Morgan fingerprint density at radius 1 is 0.947 bits per heavy atom. The maximum absolute atomic E-state index is 13.9. The second kappa shape index (κ2) is 13.3. The highest BCUT2D eigenvalue weighted by molar-refractivity contribution is 5.91. The lowest BCUT2D eigenvalue weighted by atomic mass is 9.83. The van der Waals surface area contributed by atoms with Crippen molar-refractivity contribution in [3.8, 4) is 0 Å². The van der Waals surface area contributed by atoms with Crippen LogP contribution in [0.1, 0.15) is 42.9 Å². The maximum atomic E-state index is 13.9. The zero-order valence-corrected chi connectivity index (χ0v) is 22.1. The highest BCUT2D eigenvalue weighted by atomic mass is 19.1. The quantitative estimate of drug-likeness (QED) is 0.411. The molecule has 1 aliphatic rings. The third-order valence-electron chi connectivity index (χ3n) is 7.46. The number of carbonyl (C=O) groups excluding carboxylic acids is 2. The number of halogens is 1. The van der Waals surface area contributed by atoms with Gasteiger partial charge in [0.1, 0.15) is 11.4 Å². The number of piperidine rings is 1. The van der Waals surface area contributed by atoms with Gasteiger partial charge >= 0.3 is 0 Å². The standard InChI is InChI=1S/C31H37FN4O2/c1-2-29(37)36(24-27-11-17-33-18-12-27)31(30(38)34-19-13-26-9-6-10-28(32)23-26)15-21-35(22-16-31)20-14-25-7-4-3-5-8-25/h3-12,17-18,23H,2,13-16,19-22,24H2,1H3,(H,34,38). The number of nitrogens with one attached hydrogen (secondary N) is 1. The molecule has 0 radical (unpaired) electrons. The molecule has 0 atom stereocenters. The lowest BCUT2D eigenvalue weighted by Gasteiger charge is -2.47. The summed E-state index contributed by atoms with van der Waals surface area (Å²) in [7, 11) is 0. The van der Waals surface area contributed by atoms with Crippen LogP contribution in [0, 0.1) is 5.82 Å². The third-order valence-corrected chi connectivity index (χ3v) is 7.46. The van der Waals surface area contributed by atoms with Crippen LogP contribution in [0.2, 0.25) is 0 Å². The molecule has 4 rings (SSSR count). The number of nitrogens with zero attached hydrogens (tertiary/aromatic N) is 3. The Morgan fingerprint density at radius 3 is 2.34 bits per heavy atom. The van der Waals surface area contributed by atoms with Gasteiger partial charge in [-0.2, -0.15) is 0 Å². The van der Waals surface area contributed by atoms with Crippen LogP contribution in [0.15, 0.2) is 79.1 Å². The normalized spacial score (nSPS) is 15.1.